The molecule has 1 heterocycles. The molecule has 0 atom stereocenters. The third-order valence-corrected chi connectivity index (χ3v) is 2.74. The first-order valence-corrected chi connectivity index (χ1v) is 5.93. The smallest absolute Gasteiger partial charge is 0.178 e. The Bertz CT molecular complexity index is 341. The molecule has 3 nitrogen and oxygen atoms in total. The van der Waals surface area contributed by atoms with Crippen LogP contribution >= 0.6 is 0 Å². The summed E-state index contributed by atoms with van der Waals surface area (Å²) in [6.45, 7) is 7.91. The van der Waals surface area contributed by atoms with Gasteiger partial charge in [-0.25, -0.2) is 0 Å². The number of ketones is 1. The van der Waals surface area contributed by atoms with Crippen LogP contribution in [0.4, 0.5) is 0 Å². The highest BCUT2D eigenvalue weighted by Gasteiger charge is 2.14. The molecule has 0 N–H and O–H groups in total. The quantitative estimate of drug-likeness (QED) is 0.690. The van der Waals surface area contributed by atoms with Crippen LogP contribution in [0.1, 0.15) is 37.6 Å². The van der Waals surface area contributed by atoms with Gasteiger partial charge in [0.15, 0.2) is 5.78 Å². The molecule has 16 heavy (non-hydrogen) atoms. The van der Waals surface area contributed by atoms with Crippen LogP contribution in [-0.2, 0) is 7.05 Å². The molecular weight excluding hydrogens is 200 g/mol. The number of hydrogen-bond acceptors (Lipinski definition) is 2. The van der Waals surface area contributed by atoms with Gasteiger partial charge in [-0.15, -0.1) is 0 Å². The first kappa shape index (κ1) is 13.0. The number of nitrogens with zero attached hydrogens (tertiary/aromatic N) is 2. The maximum Gasteiger partial charge on any atom is 0.178 e. The fourth-order valence-electron chi connectivity index (χ4n) is 1.75. The summed E-state index contributed by atoms with van der Waals surface area (Å²) in [4.78, 5) is 14.2. The van der Waals surface area contributed by atoms with Crippen LogP contribution in [0.15, 0.2) is 18.5 Å². The Morgan fingerprint density at radius 3 is 2.62 bits per heavy atom. The Labute approximate surface area is 98.1 Å². The zero-order valence-electron chi connectivity index (χ0n) is 10.7. The van der Waals surface area contributed by atoms with Crippen molar-refractivity contribution in [1.82, 2.24) is 9.47 Å². The van der Waals surface area contributed by atoms with E-state index in [0.717, 1.165) is 18.5 Å². The van der Waals surface area contributed by atoms with Gasteiger partial charge in [0.1, 0.15) is 0 Å². The molecule has 0 fully saturated rings. The van der Waals surface area contributed by atoms with Gasteiger partial charge in [-0.1, -0.05) is 6.92 Å². The third kappa shape index (κ3) is 3.49. The monoisotopic (exact) mass is 222 g/mol. The number of carbonyl (C=O) groups excluding carboxylic acids is 1. The van der Waals surface area contributed by atoms with Crippen molar-refractivity contribution in [3.8, 4) is 0 Å². The summed E-state index contributed by atoms with van der Waals surface area (Å²) in [7, 11) is 1.93. The van der Waals surface area contributed by atoms with Crippen molar-refractivity contribution >= 4 is 5.78 Å². The lowest BCUT2D eigenvalue weighted by Gasteiger charge is -2.24. The highest BCUT2D eigenvalue weighted by atomic mass is 16.1. The van der Waals surface area contributed by atoms with E-state index < -0.39 is 0 Å². The summed E-state index contributed by atoms with van der Waals surface area (Å²) < 4.78 is 1.91. The van der Waals surface area contributed by atoms with E-state index in [2.05, 4.69) is 25.7 Å². The number of aromatic nitrogens is 1. The fraction of sp³-hybridized carbons (Fsp3) is 0.615. The molecule has 1 rings (SSSR count). The number of aryl methyl sites for hydroxylation is 1. The summed E-state index contributed by atoms with van der Waals surface area (Å²) in [6.07, 6.45) is 4.87. The highest BCUT2D eigenvalue weighted by molar-refractivity contribution is 5.97. The minimum atomic E-state index is 0.211. The SMILES string of the molecule is CCCN(CC(=O)c1ccn(C)c1)C(C)C. The zero-order valence-corrected chi connectivity index (χ0v) is 10.7. The van der Waals surface area contributed by atoms with Crippen LogP contribution in [0.25, 0.3) is 0 Å². The molecule has 90 valence electrons. The second kappa shape index (κ2) is 5.85. The molecule has 0 aliphatic rings. The lowest BCUT2D eigenvalue weighted by Crippen LogP contribution is -2.36. The number of hydrogen-bond donors (Lipinski definition) is 0. The van der Waals surface area contributed by atoms with Gasteiger partial charge in [-0.3, -0.25) is 9.69 Å². The second-order valence-electron chi connectivity index (χ2n) is 4.55. The lowest BCUT2D eigenvalue weighted by molar-refractivity contribution is 0.0906. The largest absolute Gasteiger partial charge is 0.357 e. The normalized spacial score (nSPS) is 11.4. The van der Waals surface area contributed by atoms with Crippen molar-refractivity contribution < 1.29 is 4.79 Å². The van der Waals surface area contributed by atoms with Crippen LogP contribution < -0.4 is 0 Å². The molecule has 0 aromatic carbocycles. The molecule has 0 aliphatic heterocycles. The standard InChI is InChI=1S/C13H22N2O/c1-5-7-15(11(2)3)10-13(16)12-6-8-14(4)9-12/h6,8-9,11H,5,7,10H2,1-4H3. The first-order chi connectivity index (χ1) is 7.54. The van der Waals surface area contributed by atoms with Crippen LogP contribution in [0.5, 0.6) is 0 Å². The summed E-state index contributed by atoms with van der Waals surface area (Å²) in [6, 6.07) is 2.31. The van der Waals surface area contributed by atoms with Crippen LogP contribution in [0.2, 0.25) is 0 Å². The first-order valence-electron chi connectivity index (χ1n) is 5.93. The van der Waals surface area contributed by atoms with Gasteiger partial charge in [-0.05, 0) is 32.9 Å². The molecule has 0 aliphatic carbocycles. The number of Topliss-reactive ketones (excluding diaryl/α,β-unsaturated/α-hetero) is 1. The lowest BCUT2D eigenvalue weighted by atomic mass is 10.2. The molecule has 0 saturated carbocycles. The summed E-state index contributed by atoms with van der Waals surface area (Å²) >= 11 is 0. The van der Waals surface area contributed by atoms with E-state index in [1.54, 1.807) is 0 Å². The minimum Gasteiger partial charge on any atom is -0.357 e. The third-order valence-electron chi connectivity index (χ3n) is 2.74. The van der Waals surface area contributed by atoms with Crippen molar-refractivity contribution in [1.29, 1.82) is 0 Å². The van der Waals surface area contributed by atoms with E-state index in [9.17, 15) is 4.79 Å². The number of rotatable bonds is 6. The van der Waals surface area contributed by atoms with Gasteiger partial charge in [0.05, 0.1) is 6.54 Å². The maximum atomic E-state index is 12.0. The predicted molar refractivity (Wildman–Crippen MR) is 66.7 cm³/mol. The van der Waals surface area contributed by atoms with Crippen LogP contribution in [-0.4, -0.2) is 34.4 Å². The molecule has 0 saturated heterocycles. The average Bonchev–Trinajstić information content (AvgIpc) is 2.64. The van der Waals surface area contributed by atoms with Crippen molar-refractivity contribution in [2.45, 2.75) is 33.2 Å². The topological polar surface area (TPSA) is 25.2 Å². The summed E-state index contributed by atoms with van der Waals surface area (Å²) in [5.41, 5.74) is 0.809. The predicted octanol–water partition coefficient (Wildman–Crippen LogP) is 2.33. The van der Waals surface area contributed by atoms with Crippen molar-refractivity contribution in [3.63, 3.8) is 0 Å². The minimum absolute atomic E-state index is 0.211. The maximum absolute atomic E-state index is 12.0. The van der Waals surface area contributed by atoms with Crippen molar-refractivity contribution in [2.75, 3.05) is 13.1 Å². The molecule has 1 aromatic rings. The van der Waals surface area contributed by atoms with E-state index in [-0.39, 0.29) is 5.78 Å². The fourth-order valence-corrected chi connectivity index (χ4v) is 1.75. The Kier molecular flexibility index (Phi) is 4.74. The Morgan fingerprint density at radius 2 is 2.19 bits per heavy atom. The van der Waals surface area contributed by atoms with Crippen molar-refractivity contribution in [3.05, 3.63) is 24.0 Å². The van der Waals surface area contributed by atoms with Gasteiger partial charge < -0.3 is 4.57 Å². The number of carbonyl (C=O) groups is 1. The molecule has 0 amide bonds. The molecule has 0 bridgehead atoms. The van der Waals surface area contributed by atoms with E-state index in [4.69, 9.17) is 0 Å². The molecular formula is C13H22N2O. The molecule has 3 heteroatoms. The second-order valence-corrected chi connectivity index (χ2v) is 4.55. The molecule has 1 aromatic heterocycles. The van der Waals surface area contributed by atoms with E-state index in [1.165, 1.54) is 0 Å². The zero-order chi connectivity index (χ0) is 12.1. The molecule has 0 spiro atoms. The highest BCUT2D eigenvalue weighted by Crippen LogP contribution is 2.06. The van der Waals surface area contributed by atoms with Gasteiger partial charge in [-0.2, -0.15) is 0 Å². The van der Waals surface area contributed by atoms with Gasteiger partial charge >= 0.3 is 0 Å². The van der Waals surface area contributed by atoms with Crippen LogP contribution in [0, 0.1) is 0 Å². The Hall–Kier alpha value is -1.09. The van der Waals surface area contributed by atoms with E-state index in [0.29, 0.717) is 12.6 Å². The van der Waals surface area contributed by atoms with Crippen molar-refractivity contribution in [2.24, 2.45) is 7.05 Å². The summed E-state index contributed by atoms with van der Waals surface area (Å²) in [5.74, 6) is 0.211. The van der Waals surface area contributed by atoms with Gasteiger partial charge in [0, 0.05) is 31.0 Å². The molecule has 0 radical (unpaired) electrons. The Balaban J connectivity index is 2.61. The van der Waals surface area contributed by atoms with Crippen LogP contribution in [0.3, 0.4) is 0 Å². The Morgan fingerprint density at radius 1 is 1.50 bits per heavy atom. The average molecular weight is 222 g/mol. The van der Waals surface area contributed by atoms with Gasteiger partial charge in [0.25, 0.3) is 0 Å². The summed E-state index contributed by atoms with van der Waals surface area (Å²) in [5, 5.41) is 0. The van der Waals surface area contributed by atoms with E-state index in [1.807, 2.05) is 30.1 Å². The van der Waals surface area contributed by atoms with E-state index >= 15 is 0 Å². The molecule has 0 unspecified atom stereocenters. The van der Waals surface area contributed by atoms with Gasteiger partial charge in [0.2, 0.25) is 0 Å².